The van der Waals surface area contributed by atoms with Gasteiger partial charge in [-0.2, -0.15) is 0 Å². The van der Waals surface area contributed by atoms with Crippen molar-refractivity contribution in [2.75, 3.05) is 33.0 Å². The van der Waals surface area contributed by atoms with Crippen LogP contribution in [0.5, 0.6) is 0 Å². The third-order valence-electron chi connectivity index (χ3n) is 4.56. The van der Waals surface area contributed by atoms with E-state index in [9.17, 15) is 4.79 Å². The number of likely N-dealkylation sites (tertiary alicyclic amines) is 1. The number of nitrogens with zero attached hydrogens (tertiary/aromatic N) is 2. The predicted molar refractivity (Wildman–Crippen MR) is 78.3 cm³/mol. The summed E-state index contributed by atoms with van der Waals surface area (Å²) in [4.78, 5) is 15.6. The minimum atomic E-state index is -0.161. The molecule has 3 aliphatic rings. The van der Waals surface area contributed by atoms with E-state index < -0.39 is 0 Å². The number of carbonyl (C=O) groups excluding carboxylic acids is 1. The van der Waals surface area contributed by atoms with E-state index in [1.54, 1.807) is 16.7 Å². The molecule has 0 aromatic rings. The van der Waals surface area contributed by atoms with Crippen molar-refractivity contribution in [2.45, 2.75) is 49.0 Å². The van der Waals surface area contributed by atoms with Gasteiger partial charge in [0, 0.05) is 13.0 Å². The van der Waals surface area contributed by atoms with Crippen LogP contribution in [0.1, 0.15) is 32.6 Å². The normalized spacial score (nSPS) is 38.5. The molecule has 6 heteroatoms. The molecule has 0 aromatic heterocycles. The molecule has 5 nitrogen and oxygen atoms in total. The summed E-state index contributed by atoms with van der Waals surface area (Å²) >= 11 is 1.74. The lowest BCUT2D eigenvalue weighted by Gasteiger charge is -2.35. The van der Waals surface area contributed by atoms with E-state index >= 15 is 0 Å². The zero-order valence-corrected chi connectivity index (χ0v) is 12.9. The first-order valence-electron chi connectivity index (χ1n) is 7.56. The molecule has 3 atom stereocenters. The highest BCUT2D eigenvalue weighted by molar-refractivity contribution is 8.00. The number of piperidine rings is 1. The lowest BCUT2D eigenvalue weighted by molar-refractivity contribution is -0.147. The number of fused-ring (bicyclic) bond motifs is 1. The van der Waals surface area contributed by atoms with Gasteiger partial charge in [-0.3, -0.25) is 14.6 Å². The largest absolute Gasteiger partial charge is 0.380 e. The van der Waals surface area contributed by atoms with E-state index in [1.165, 1.54) is 19.3 Å². The van der Waals surface area contributed by atoms with Crippen LogP contribution in [0.25, 0.3) is 0 Å². The molecule has 0 radical (unpaired) electrons. The van der Waals surface area contributed by atoms with E-state index in [1.807, 2.05) is 0 Å². The van der Waals surface area contributed by atoms with E-state index in [4.69, 9.17) is 9.47 Å². The molecule has 1 amide bonds. The van der Waals surface area contributed by atoms with Gasteiger partial charge in [0.1, 0.15) is 0 Å². The zero-order chi connectivity index (χ0) is 14.0. The molecule has 0 N–H and O–H groups in total. The summed E-state index contributed by atoms with van der Waals surface area (Å²) in [6.45, 7) is 6.50. The predicted octanol–water partition coefficient (Wildman–Crippen LogP) is 1.48. The number of carbonyl (C=O) groups is 1. The van der Waals surface area contributed by atoms with E-state index in [-0.39, 0.29) is 11.2 Å². The topological polar surface area (TPSA) is 42.0 Å². The maximum absolute atomic E-state index is 11.5. The SMILES string of the molecule is C[C@]12CCOC[C@H]1S[C@H](N(C=O)CN1CCCCC1)O2. The van der Waals surface area contributed by atoms with Crippen molar-refractivity contribution >= 4 is 18.2 Å². The number of thioether (sulfide) groups is 1. The van der Waals surface area contributed by atoms with Gasteiger partial charge in [-0.05, 0) is 32.9 Å². The first-order valence-corrected chi connectivity index (χ1v) is 8.50. The second-order valence-electron chi connectivity index (χ2n) is 6.13. The van der Waals surface area contributed by atoms with Crippen molar-refractivity contribution in [3.63, 3.8) is 0 Å². The molecule has 114 valence electrons. The Morgan fingerprint density at radius 3 is 2.90 bits per heavy atom. The second-order valence-corrected chi connectivity index (χ2v) is 7.37. The average Bonchev–Trinajstić information content (AvgIpc) is 2.83. The quantitative estimate of drug-likeness (QED) is 0.736. The second kappa shape index (κ2) is 6.22. The molecule has 0 unspecified atom stereocenters. The van der Waals surface area contributed by atoms with Crippen LogP contribution in [-0.4, -0.2) is 65.6 Å². The molecular weight excluding hydrogens is 276 g/mol. The summed E-state index contributed by atoms with van der Waals surface area (Å²) in [5.41, 5.74) is -0.303. The third-order valence-corrected chi connectivity index (χ3v) is 6.13. The standard InChI is InChI=1S/C14H24N2O3S/c1-14-5-8-18-9-12(14)20-13(19-14)16(11-17)10-15-6-3-2-4-7-15/h11-13H,2-10H2,1H3/t12-,13-,14+/m1/s1. The Labute approximate surface area is 124 Å². The zero-order valence-electron chi connectivity index (χ0n) is 12.1. The van der Waals surface area contributed by atoms with Crippen LogP contribution in [-0.2, 0) is 14.3 Å². The van der Waals surface area contributed by atoms with Crippen LogP contribution < -0.4 is 0 Å². The van der Waals surface area contributed by atoms with Gasteiger partial charge < -0.3 is 9.47 Å². The van der Waals surface area contributed by atoms with Gasteiger partial charge in [-0.15, -0.1) is 0 Å². The summed E-state index contributed by atoms with van der Waals surface area (Å²) in [5.74, 6) is 0. The van der Waals surface area contributed by atoms with Crippen LogP contribution in [0.15, 0.2) is 0 Å². The van der Waals surface area contributed by atoms with Crippen molar-refractivity contribution in [3.8, 4) is 0 Å². The first kappa shape index (κ1) is 14.6. The summed E-state index contributed by atoms with van der Waals surface area (Å²) < 4.78 is 11.7. The number of ether oxygens (including phenoxy) is 2. The molecule has 0 bridgehead atoms. The summed E-state index contributed by atoms with van der Waals surface area (Å²) in [6, 6.07) is 0. The Morgan fingerprint density at radius 2 is 2.20 bits per heavy atom. The van der Waals surface area contributed by atoms with Gasteiger partial charge in [-0.25, -0.2) is 0 Å². The fraction of sp³-hybridized carbons (Fsp3) is 0.929. The van der Waals surface area contributed by atoms with E-state index in [0.29, 0.717) is 11.9 Å². The smallest absolute Gasteiger partial charge is 0.213 e. The van der Waals surface area contributed by atoms with Crippen LogP contribution in [0.2, 0.25) is 0 Å². The third kappa shape index (κ3) is 2.98. The molecule has 20 heavy (non-hydrogen) atoms. The van der Waals surface area contributed by atoms with Crippen molar-refractivity contribution in [2.24, 2.45) is 0 Å². The van der Waals surface area contributed by atoms with Crippen LogP contribution in [0, 0.1) is 0 Å². The molecular formula is C14H24N2O3S. The van der Waals surface area contributed by atoms with Crippen LogP contribution in [0.3, 0.4) is 0 Å². The molecule has 3 saturated heterocycles. The van der Waals surface area contributed by atoms with Gasteiger partial charge in [0.2, 0.25) is 6.41 Å². The van der Waals surface area contributed by atoms with Crippen molar-refractivity contribution in [1.82, 2.24) is 9.80 Å². The first-order chi connectivity index (χ1) is 9.71. The Kier molecular flexibility index (Phi) is 4.55. The fourth-order valence-electron chi connectivity index (χ4n) is 3.15. The van der Waals surface area contributed by atoms with Crippen molar-refractivity contribution in [3.05, 3.63) is 0 Å². The van der Waals surface area contributed by atoms with Gasteiger partial charge >= 0.3 is 0 Å². The van der Waals surface area contributed by atoms with Crippen molar-refractivity contribution in [1.29, 1.82) is 0 Å². The maximum Gasteiger partial charge on any atom is 0.213 e. The van der Waals surface area contributed by atoms with Crippen LogP contribution >= 0.6 is 11.8 Å². The highest BCUT2D eigenvalue weighted by Gasteiger charge is 2.49. The van der Waals surface area contributed by atoms with Gasteiger partial charge in [0.25, 0.3) is 0 Å². The molecule has 0 saturated carbocycles. The lowest BCUT2D eigenvalue weighted by Crippen LogP contribution is -2.46. The molecule has 0 aliphatic carbocycles. The monoisotopic (exact) mass is 300 g/mol. The van der Waals surface area contributed by atoms with Gasteiger partial charge in [0.15, 0.2) is 5.56 Å². The summed E-state index contributed by atoms with van der Waals surface area (Å²) in [7, 11) is 0. The maximum atomic E-state index is 11.5. The molecule has 0 aromatic carbocycles. The summed E-state index contributed by atoms with van der Waals surface area (Å²) in [6.07, 6.45) is 5.63. The highest BCUT2D eigenvalue weighted by Crippen LogP contribution is 2.45. The molecule has 0 spiro atoms. The Morgan fingerprint density at radius 1 is 1.40 bits per heavy atom. The number of rotatable bonds is 4. The van der Waals surface area contributed by atoms with E-state index in [0.717, 1.165) is 39.1 Å². The Hall–Kier alpha value is -0.300. The average molecular weight is 300 g/mol. The molecule has 3 fully saturated rings. The minimum absolute atomic E-state index is 0.142. The minimum Gasteiger partial charge on any atom is -0.380 e. The van der Waals surface area contributed by atoms with Crippen LogP contribution in [0.4, 0.5) is 0 Å². The number of amides is 1. The van der Waals surface area contributed by atoms with Crippen molar-refractivity contribution < 1.29 is 14.3 Å². The number of hydrogen-bond donors (Lipinski definition) is 0. The lowest BCUT2D eigenvalue weighted by atomic mass is 9.96. The van der Waals surface area contributed by atoms with Gasteiger partial charge in [0.05, 0.1) is 24.1 Å². The molecule has 3 rings (SSSR count). The number of hydrogen-bond acceptors (Lipinski definition) is 5. The summed E-state index contributed by atoms with van der Waals surface area (Å²) in [5, 5.41) is 0.338. The van der Waals surface area contributed by atoms with E-state index in [2.05, 4.69) is 11.8 Å². The Bertz CT molecular complexity index is 351. The fourth-order valence-corrected chi connectivity index (χ4v) is 4.61. The molecule has 3 heterocycles. The highest BCUT2D eigenvalue weighted by atomic mass is 32.2. The van der Waals surface area contributed by atoms with Gasteiger partial charge in [-0.1, -0.05) is 18.2 Å². The Balaban J connectivity index is 1.60. The molecule has 3 aliphatic heterocycles.